The molecule has 0 bridgehead atoms. The molecule has 2 aliphatic rings. The van der Waals surface area contributed by atoms with Crippen LogP contribution in [0.15, 0.2) is 72.8 Å². The Morgan fingerprint density at radius 1 is 1.03 bits per heavy atom. The summed E-state index contributed by atoms with van der Waals surface area (Å²) in [6.07, 6.45) is 1.89. The molecule has 2 saturated heterocycles. The number of hydrogen-bond acceptors (Lipinski definition) is 4. The average molecular weight is 514 g/mol. The molecule has 0 spiro atoms. The molecule has 2 fully saturated rings. The van der Waals surface area contributed by atoms with Gasteiger partial charge in [-0.05, 0) is 79.5 Å². The van der Waals surface area contributed by atoms with Crippen LogP contribution in [0, 0.1) is 17.7 Å². The second kappa shape index (κ2) is 11.7. The maximum absolute atomic E-state index is 13.4. The Morgan fingerprint density at radius 2 is 1.76 bits per heavy atom. The highest BCUT2D eigenvalue weighted by Crippen LogP contribution is 2.42. The predicted molar refractivity (Wildman–Crippen MR) is 146 cm³/mol. The third kappa shape index (κ3) is 5.67. The van der Waals surface area contributed by atoms with E-state index in [4.69, 9.17) is 4.74 Å². The summed E-state index contributed by atoms with van der Waals surface area (Å²) >= 11 is 0. The van der Waals surface area contributed by atoms with Gasteiger partial charge in [-0.15, -0.1) is 0 Å². The van der Waals surface area contributed by atoms with Crippen LogP contribution in [0.5, 0.6) is 5.75 Å². The van der Waals surface area contributed by atoms with E-state index in [0.29, 0.717) is 18.7 Å². The predicted octanol–water partition coefficient (Wildman–Crippen LogP) is 4.69. The van der Waals surface area contributed by atoms with Crippen molar-refractivity contribution in [2.45, 2.75) is 30.8 Å². The van der Waals surface area contributed by atoms with Crippen molar-refractivity contribution in [3.8, 4) is 17.6 Å². The number of benzene rings is 3. The van der Waals surface area contributed by atoms with Gasteiger partial charge >= 0.3 is 6.03 Å². The summed E-state index contributed by atoms with van der Waals surface area (Å²) in [6, 6.07) is 21.6. The van der Waals surface area contributed by atoms with Crippen LogP contribution in [0.3, 0.4) is 0 Å². The largest absolute Gasteiger partial charge is 0.497 e. The molecule has 2 N–H and O–H groups in total. The van der Waals surface area contributed by atoms with E-state index in [0.717, 1.165) is 42.0 Å². The molecular weight excluding hydrogens is 481 g/mol. The zero-order valence-electron chi connectivity index (χ0n) is 21.4. The van der Waals surface area contributed by atoms with Gasteiger partial charge in [0.1, 0.15) is 11.6 Å². The second-order valence-electron chi connectivity index (χ2n) is 9.78. The van der Waals surface area contributed by atoms with E-state index in [1.807, 2.05) is 41.3 Å². The normalized spacial score (nSPS) is 21.1. The number of methoxy groups -OCH3 is 1. The van der Waals surface area contributed by atoms with Gasteiger partial charge < -0.3 is 20.1 Å². The number of fused-ring (bicyclic) bond motifs is 1. The minimum absolute atomic E-state index is 0.0221. The minimum atomic E-state index is -0.303. The van der Waals surface area contributed by atoms with Crippen LogP contribution in [-0.2, 0) is 0 Å². The van der Waals surface area contributed by atoms with Crippen LogP contribution in [0.1, 0.15) is 35.4 Å². The number of rotatable bonds is 4. The molecule has 0 aromatic heterocycles. The third-order valence-electron chi connectivity index (χ3n) is 7.47. The molecule has 2 heterocycles. The molecule has 3 aromatic carbocycles. The van der Waals surface area contributed by atoms with Gasteiger partial charge in [-0.1, -0.05) is 30.0 Å². The Morgan fingerprint density at radius 3 is 2.47 bits per heavy atom. The zero-order valence-corrected chi connectivity index (χ0v) is 21.4. The summed E-state index contributed by atoms with van der Waals surface area (Å²) in [5.74, 6) is 6.65. The van der Waals surface area contributed by atoms with Crippen LogP contribution >= 0.6 is 0 Å². The van der Waals surface area contributed by atoms with Gasteiger partial charge in [0, 0.05) is 47.9 Å². The fourth-order valence-electron chi connectivity index (χ4n) is 5.50. The molecular formula is C31H32FN3O3. The van der Waals surface area contributed by atoms with E-state index >= 15 is 0 Å². The molecule has 3 atom stereocenters. The zero-order chi connectivity index (χ0) is 26.5. The lowest BCUT2D eigenvalue weighted by molar-refractivity contribution is -0.0585. The number of amides is 2. The van der Waals surface area contributed by atoms with Gasteiger partial charge in [-0.2, -0.15) is 0 Å². The summed E-state index contributed by atoms with van der Waals surface area (Å²) in [4.78, 5) is 17.4. The molecule has 196 valence electrons. The first kappa shape index (κ1) is 25.8. The van der Waals surface area contributed by atoms with Crippen molar-refractivity contribution in [1.82, 2.24) is 9.80 Å². The molecule has 0 aliphatic carbocycles. The summed E-state index contributed by atoms with van der Waals surface area (Å²) in [7, 11) is 1.61. The van der Waals surface area contributed by atoms with Gasteiger partial charge in [0.2, 0.25) is 0 Å². The van der Waals surface area contributed by atoms with Crippen molar-refractivity contribution >= 4 is 11.7 Å². The maximum atomic E-state index is 13.4. The highest BCUT2D eigenvalue weighted by molar-refractivity contribution is 5.89. The van der Waals surface area contributed by atoms with Crippen molar-refractivity contribution < 1.29 is 19.0 Å². The van der Waals surface area contributed by atoms with Crippen LogP contribution in [0.25, 0.3) is 0 Å². The number of urea groups is 1. The Balaban J connectivity index is 1.30. The van der Waals surface area contributed by atoms with Gasteiger partial charge in [-0.3, -0.25) is 4.90 Å². The first-order chi connectivity index (χ1) is 18.6. The van der Waals surface area contributed by atoms with Gasteiger partial charge in [0.25, 0.3) is 0 Å². The molecule has 3 aromatic rings. The molecule has 7 heteroatoms. The number of aliphatic hydroxyl groups is 1. The van der Waals surface area contributed by atoms with Gasteiger partial charge in [0.15, 0.2) is 0 Å². The molecule has 0 saturated carbocycles. The van der Waals surface area contributed by atoms with Crippen LogP contribution in [0.4, 0.5) is 14.9 Å². The standard InChI is InChI=1S/C31H32FN3O3/c1-38-27-15-13-26(14-16-27)33-31(37)34-17-2-3-18-35-28(20-34)30(29(35)21-36)24-11-9-22(10-12-24)7-8-23-5-4-6-25(32)19-23/h4-6,9-16,19,28-30,36H,2-3,17-18,20-21H2,1H3,(H,33,37). The lowest BCUT2D eigenvalue weighted by Gasteiger charge is -2.57. The topological polar surface area (TPSA) is 65.0 Å². The lowest BCUT2D eigenvalue weighted by atomic mass is 9.74. The molecule has 3 unspecified atom stereocenters. The number of anilines is 1. The SMILES string of the molecule is COc1ccc(NC(=O)N2CCCCN3C(CO)C(c4ccc(C#Cc5cccc(F)c5)cc4)C3C2)cc1. The van der Waals surface area contributed by atoms with Crippen molar-refractivity contribution in [2.24, 2.45) is 0 Å². The van der Waals surface area contributed by atoms with E-state index in [9.17, 15) is 14.3 Å². The number of nitrogens with one attached hydrogen (secondary N) is 1. The van der Waals surface area contributed by atoms with Crippen molar-refractivity contribution in [1.29, 1.82) is 0 Å². The first-order valence-corrected chi connectivity index (χ1v) is 13.0. The molecule has 2 amide bonds. The number of hydrogen-bond donors (Lipinski definition) is 2. The first-order valence-electron chi connectivity index (χ1n) is 13.0. The Kier molecular flexibility index (Phi) is 7.92. The average Bonchev–Trinajstić information content (AvgIpc) is 2.92. The van der Waals surface area contributed by atoms with E-state index in [2.05, 4.69) is 34.2 Å². The number of nitrogens with zero attached hydrogens (tertiary/aromatic N) is 2. The highest BCUT2D eigenvalue weighted by atomic mass is 19.1. The third-order valence-corrected chi connectivity index (χ3v) is 7.47. The summed E-state index contributed by atoms with van der Waals surface area (Å²) in [6.45, 7) is 2.26. The fourth-order valence-corrected chi connectivity index (χ4v) is 5.50. The minimum Gasteiger partial charge on any atom is -0.497 e. The summed E-state index contributed by atoms with van der Waals surface area (Å²) < 4.78 is 18.6. The fraction of sp³-hybridized carbons (Fsp3) is 0.323. The highest BCUT2D eigenvalue weighted by Gasteiger charge is 2.49. The van der Waals surface area contributed by atoms with E-state index < -0.39 is 0 Å². The van der Waals surface area contributed by atoms with Crippen LogP contribution < -0.4 is 10.1 Å². The number of halogens is 1. The molecule has 5 rings (SSSR count). The van der Waals surface area contributed by atoms with Crippen molar-refractivity contribution in [3.63, 3.8) is 0 Å². The van der Waals surface area contributed by atoms with Crippen LogP contribution in [-0.4, -0.2) is 66.4 Å². The Labute approximate surface area is 223 Å². The number of aliphatic hydroxyl groups excluding tert-OH is 1. The monoisotopic (exact) mass is 513 g/mol. The lowest BCUT2D eigenvalue weighted by Crippen LogP contribution is -2.68. The molecule has 38 heavy (non-hydrogen) atoms. The quantitative estimate of drug-likeness (QED) is 0.497. The van der Waals surface area contributed by atoms with Crippen molar-refractivity contribution in [2.75, 3.05) is 38.7 Å². The number of ether oxygens (including phenoxy) is 1. The van der Waals surface area contributed by atoms with E-state index in [-0.39, 0.29) is 36.5 Å². The molecule has 2 aliphatic heterocycles. The van der Waals surface area contributed by atoms with Crippen LogP contribution in [0.2, 0.25) is 0 Å². The van der Waals surface area contributed by atoms with E-state index in [1.54, 1.807) is 19.2 Å². The Hall–Kier alpha value is -3.86. The van der Waals surface area contributed by atoms with Crippen molar-refractivity contribution in [3.05, 3.63) is 95.3 Å². The molecule has 0 radical (unpaired) electrons. The second-order valence-corrected chi connectivity index (χ2v) is 9.78. The van der Waals surface area contributed by atoms with Gasteiger partial charge in [-0.25, -0.2) is 9.18 Å². The molecule has 6 nitrogen and oxygen atoms in total. The van der Waals surface area contributed by atoms with Gasteiger partial charge in [0.05, 0.1) is 13.7 Å². The summed E-state index contributed by atoms with van der Waals surface area (Å²) in [5.41, 5.74) is 3.32. The smallest absolute Gasteiger partial charge is 0.321 e. The maximum Gasteiger partial charge on any atom is 0.321 e. The number of carbonyl (C=O) groups is 1. The Bertz CT molecular complexity index is 1320. The van der Waals surface area contributed by atoms with E-state index in [1.165, 1.54) is 12.1 Å². The summed E-state index contributed by atoms with van der Waals surface area (Å²) in [5, 5.41) is 13.2. The number of carbonyl (C=O) groups excluding carboxylic acids is 1.